The largest absolute Gasteiger partial charge is 0.396 e. The Labute approximate surface area is 101 Å². The lowest BCUT2D eigenvalue weighted by Gasteiger charge is -2.15. The van der Waals surface area contributed by atoms with Gasteiger partial charge in [0.15, 0.2) is 0 Å². The number of rotatable bonds is 6. The van der Waals surface area contributed by atoms with Gasteiger partial charge in [0.25, 0.3) is 5.91 Å². The van der Waals surface area contributed by atoms with E-state index in [1.54, 1.807) is 18.3 Å². The molecule has 1 aromatic rings. The van der Waals surface area contributed by atoms with Crippen molar-refractivity contribution < 1.29 is 9.90 Å². The molecule has 1 heterocycles. The smallest absolute Gasteiger partial charge is 0.251 e. The summed E-state index contributed by atoms with van der Waals surface area (Å²) >= 11 is 0. The fraction of sp³-hybridized carbons (Fsp3) is 0.500. The van der Waals surface area contributed by atoms with Crippen molar-refractivity contribution in [3.8, 4) is 0 Å². The third kappa shape index (κ3) is 4.13. The second kappa shape index (κ2) is 6.98. The van der Waals surface area contributed by atoms with Crippen LogP contribution in [0, 0.1) is 0 Å². The van der Waals surface area contributed by atoms with Crippen LogP contribution in [0.15, 0.2) is 18.3 Å². The van der Waals surface area contributed by atoms with Crippen LogP contribution in [0.1, 0.15) is 35.8 Å². The third-order valence-corrected chi connectivity index (χ3v) is 2.59. The SMILES string of the molecule is CCC(CCO)NC(=O)c1ccnc(CN)c1. The average Bonchev–Trinajstić information content (AvgIpc) is 2.38. The Balaban J connectivity index is 2.68. The number of aliphatic hydroxyl groups excluding tert-OH is 1. The summed E-state index contributed by atoms with van der Waals surface area (Å²) in [7, 11) is 0. The van der Waals surface area contributed by atoms with Gasteiger partial charge < -0.3 is 16.2 Å². The maximum Gasteiger partial charge on any atom is 0.251 e. The number of nitrogens with two attached hydrogens (primary N) is 1. The first-order valence-electron chi connectivity index (χ1n) is 5.78. The summed E-state index contributed by atoms with van der Waals surface area (Å²) in [4.78, 5) is 15.9. The minimum Gasteiger partial charge on any atom is -0.396 e. The number of carbonyl (C=O) groups excluding carboxylic acids is 1. The predicted octanol–water partition coefficient (Wildman–Crippen LogP) is 0.431. The van der Waals surface area contributed by atoms with E-state index >= 15 is 0 Å². The van der Waals surface area contributed by atoms with Crippen molar-refractivity contribution >= 4 is 5.91 Å². The average molecular weight is 237 g/mol. The zero-order valence-corrected chi connectivity index (χ0v) is 10.0. The normalized spacial score (nSPS) is 12.2. The highest BCUT2D eigenvalue weighted by Gasteiger charge is 2.12. The van der Waals surface area contributed by atoms with Gasteiger partial charge in [-0.05, 0) is 25.0 Å². The number of aromatic nitrogens is 1. The molecule has 0 bridgehead atoms. The predicted molar refractivity (Wildman–Crippen MR) is 65.4 cm³/mol. The Morgan fingerprint density at radius 3 is 3.00 bits per heavy atom. The monoisotopic (exact) mass is 237 g/mol. The molecular formula is C12H19N3O2. The standard InChI is InChI=1S/C12H19N3O2/c1-2-10(4-6-16)15-12(17)9-3-5-14-11(7-9)8-13/h3,5,7,10,16H,2,4,6,8,13H2,1H3,(H,15,17). The molecule has 94 valence electrons. The summed E-state index contributed by atoms with van der Waals surface area (Å²) in [5.41, 5.74) is 6.71. The molecule has 1 unspecified atom stereocenters. The van der Waals surface area contributed by atoms with Crippen LogP contribution in [0.25, 0.3) is 0 Å². The first-order chi connectivity index (χ1) is 8.21. The topological polar surface area (TPSA) is 88.2 Å². The van der Waals surface area contributed by atoms with Gasteiger partial charge in [0.2, 0.25) is 0 Å². The minimum atomic E-state index is -0.151. The van der Waals surface area contributed by atoms with E-state index in [1.807, 2.05) is 6.92 Å². The van der Waals surface area contributed by atoms with Crippen molar-refractivity contribution in [2.24, 2.45) is 5.73 Å². The van der Waals surface area contributed by atoms with E-state index in [0.29, 0.717) is 24.2 Å². The lowest BCUT2D eigenvalue weighted by Crippen LogP contribution is -2.35. The number of hydrogen-bond donors (Lipinski definition) is 3. The number of pyridine rings is 1. The summed E-state index contributed by atoms with van der Waals surface area (Å²) < 4.78 is 0. The Morgan fingerprint density at radius 1 is 1.65 bits per heavy atom. The molecule has 0 aliphatic rings. The highest BCUT2D eigenvalue weighted by Crippen LogP contribution is 2.04. The van der Waals surface area contributed by atoms with Crippen LogP contribution in [0.5, 0.6) is 0 Å². The summed E-state index contributed by atoms with van der Waals surface area (Å²) in [5, 5.41) is 11.7. The van der Waals surface area contributed by atoms with Gasteiger partial charge in [-0.3, -0.25) is 9.78 Å². The van der Waals surface area contributed by atoms with Crippen molar-refractivity contribution in [2.75, 3.05) is 6.61 Å². The second-order valence-corrected chi connectivity index (χ2v) is 3.83. The molecule has 1 amide bonds. The van der Waals surface area contributed by atoms with E-state index in [2.05, 4.69) is 10.3 Å². The molecular weight excluding hydrogens is 218 g/mol. The summed E-state index contributed by atoms with van der Waals surface area (Å²) in [5.74, 6) is -0.151. The summed E-state index contributed by atoms with van der Waals surface area (Å²) in [6.45, 7) is 2.36. The van der Waals surface area contributed by atoms with Crippen LogP contribution in [-0.4, -0.2) is 28.6 Å². The highest BCUT2D eigenvalue weighted by molar-refractivity contribution is 5.94. The number of carbonyl (C=O) groups is 1. The molecule has 0 aliphatic heterocycles. The molecule has 5 nitrogen and oxygen atoms in total. The number of aliphatic hydroxyl groups is 1. The van der Waals surface area contributed by atoms with Crippen molar-refractivity contribution in [1.29, 1.82) is 0 Å². The van der Waals surface area contributed by atoms with Crippen molar-refractivity contribution in [1.82, 2.24) is 10.3 Å². The van der Waals surface area contributed by atoms with E-state index in [-0.39, 0.29) is 18.6 Å². The number of nitrogens with zero attached hydrogens (tertiary/aromatic N) is 1. The van der Waals surface area contributed by atoms with Gasteiger partial charge in [0.1, 0.15) is 0 Å². The van der Waals surface area contributed by atoms with Crippen LogP contribution in [-0.2, 0) is 6.54 Å². The molecule has 0 spiro atoms. The van der Waals surface area contributed by atoms with Gasteiger partial charge in [-0.25, -0.2) is 0 Å². The van der Waals surface area contributed by atoms with Gasteiger partial charge in [-0.15, -0.1) is 0 Å². The molecule has 0 aliphatic carbocycles. The van der Waals surface area contributed by atoms with Crippen molar-refractivity contribution in [3.05, 3.63) is 29.6 Å². The molecule has 1 rings (SSSR count). The summed E-state index contributed by atoms with van der Waals surface area (Å²) in [6, 6.07) is 3.34. The van der Waals surface area contributed by atoms with Crippen molar-refractivity contribution in [2.45, 2.75) is 32.4 Å². The molecule has 17 heavy (non-hydrogen) atoms. The Hall–Kier alpha value is -1.46. The number of amides is 1. The van der Waals surface area contributed by atoms with Crippen LogP contribution < -0.4 is 11.1 Å². The summed E-state index contributed by atoms with van der Waals surface area (Å²) in [6.07, 6.45) is 2.93. The van der Waals surface area contributed by atoms with Crippen molar-refractivity contribution in [3.63, 3.8) is 0 Å². The van der Waals surface area contributed by atoms with E-state index in [9.17, 15) is 4.79 Å². The molecule has 0 radical (unpaired) electrons. The Morgan fingerprint density at radius 2 is 2.41 bits per heavy atom. The molecule has 0 aromatic carbocycles. The zero-order valence-electron chi connectivity index (χ0n) is 10.0. The lowest BCUT2D eigenvalue weighted by molar-refractivity contribution is 0.0929. The molecule has 1 aromatic heterocycles. The highest BCUT2D eigenvalue weighted by atomic mass is 16.3. The quantitative estimate of drug-likeness (QED) is 0.669. The number of hydrogen-bond acceptors (Lipinski definition) is 4. The first-order valence-corrected chi connectivity index (χ1v) is 5.78. The maximum atomic E-state index is 11.9. The van der Waals surface area contributed by atoms with Gasteiger partial charge in [-0.2, -0.15) is 0 Å². The van der Waals surface area contributed by atoms with Crippen LogP contribution in [0.4, 0.5) is 0 Å². The minimum absolute atomic E-state index is 0.00184. The Bertz CT molecular complexity index is 369. The van der Waals surface area contributed by atoms with Gasteiger partial charge in [0.05, 0.1) is 5.69 Å². The zero-order chi connectivity index (χ0) is 12.7. The van der Waals surface area contributed by atoms with E-state index in [4.69, 9.17) is 10.8 Å². The lowest BCUT2D eigenvalue weighted by atomic mass is 10.1. The van der Waals surface area contributed by atoms with Gasteiger partial charge in [-0.1, -0.05) is 6.92 Å². The second-order valence-electron chi connectivity index (χ2n) is 3.83. The fourth-order valence-corrected chi connectivity index (χ4v) is 1.53. The fourth-order valence-electron chi connectivity index (χ4n) is 1.53. The van der Waals surface area contributed by atoms with E-state index < -0.39 is 0 Å². The van der Waals surface area contributed by atoms with E-state index in [0.717, 1.165) is 6.42 Å². The van der Waals surface area contributed by atoms with Crippen LogP contribution in [0.3, 0.4) is 0 Å². The van der Waals surface area contributed by atoms with Crippen LogP contribution in [0.2, 0.25) is 0 Å². The first kappa shape index (κ1) is 13.6. The molecule has 0 saturated carbocycles. The molecule has 1 atom stereocenters. The maximum absolute atomic E-state index is 11.9. The Kier molecular flexibility index (Phi) is 5.59. The van der Waals surface area contributed by atoms with Gasteiger partial charge >= 0.3 is 0 Å². The number of nitrogens with one attached hydrogen (secondary N) is 1. The van der Waals surface area contributed by atoms with Crippen LogP contribution >= 0.6 is 0 Å². The molecule has 0 fully saturated rings. The third-order valence-electron chi connectivity index (χ3n) is 2.59. The molecule has 5 heteroatoms. The molecule has 4 N–H and O–H groups in total. The van der Waals surface area contributed by atoms with E-state index in [1.165, 1.54) is 0 Å². The van der Waals surface area contributed by atoms with Gasteiger partial charge in [0, 0.05) is 31.0 Å². The molecule has 0 saturated heterocycles.